The fourth-order valence-electron chi connectivity index (χ4n) is 1.69. The van der Waals surface area contributed by atoms with Crippen LogP contribution in [0.4, 0.5) is 0 Å². The highest BCUT2D eigenvalue weighted by Gasteiger charge is 2.10. The first kappa shape index (κ1) is 9.41. The van der Waals surface area contributed by atoms with Gasteiger partial charge in [-0.25, -0.2) is 0 Å². The second-order valence-corrected chi connectivity index (χ2v) is 3.83. The summed E-state index contributed by atoms with van der Waals surface area (Å²) < 4.78 is 5.20. The number of aromatic nitrogens is 1. The van der Waals surface area contributed by atoms with Gasteiger partial charge in [-0.3, -0.25) is 0 Å². The normalized spacial score (nSPS) is 10.9. The second-order valence-electron chi connectivity index (χ2n) is 3.45. The molecule has 1 heterocycles. The number of ether oxygens (including phenoxy) is 1. The van der Waals surface area contributed by atoms with E-state index in [4.69, 9.17) is 16.3 Å². The van der Waals surface area contributed by atoms with Crippen LogP contribution < -0.4 is 4.74 Å². The predicted octanol–water partition coefficient (Wildman–Crippen LogP) is 3.45. The first-order valence-electron chi connectivity index (χ1n) is 4.46. The Morgan fingerprint density at radius 1 is 1.29 bits per heavy atom. The van der Waals surface area contributed by atoms with Crippen molar-refractivity contribution in [2.24, 2.45) is 0 Å². The Bertz CT molecular complexity index is 487. The van der Waals surface area contributed by atoms with Gasteiger partial charge < -0.3 is 9.72 Å². The Morgan fingerprint density at radius 3 is 2.64 bits per heavy atom. The molecule has 0 saturated carbocycles. The van der Waals surface area contributed by atoms with E-state index in [-0.39, 0.29) is 0 Å². The molecular formula is C11H12ClNO. The summed E-state index contributed by atoms with van der Waals surface area (Å²) in [5.41, 5.74) is 3.35. The number of methoxy groups -OCH3 is 1. The molecule has 0 bridgehead atoms. The van der Waals surface area contributed by atoms with Crippen molar-refractivity contribution in [1.82, 2.24) is 4.98 Å². The number of halogens is 1. The Hall–Kier alpha value is -1.15. The number of H-pyrrole nitrogens is 1. The highest BCUT2D eigenvalue weighted by atomic mass is 35.5. The molecular weight excluding hydrogens is 198 g/mol. The number of benzene rings is 1. The van der Waals surface area contributed by atoms with Crippen molar-refractivity contribution in [3.05, 3.63) is 28.4 Å². The summed E-state index contributed by atoms with van der Waals surface area (Å²) >= 11 is 6.18. The van der Waals surface area contributed by atoms with E-state index in [0.29, 0.717) is 5.02 Å². The zero-order valence-electron chi connectivity index (χ0n) is 8.44. The van der Waals surface area contributed by atoms with Crippen LogP contribution in [0.2, 0.25) is 5.02 Å². The fourth-order valence-corrected chi connectivity index (χ4v) is 1.97. The lowest BCUT2D eigenvalue weighted by Gasteiger charge is -2.05. The monoisotopic (exact) mass is 209 g/mol. The van der Waals surface area contributed by atoms with E-state index in [9.17, 15) is 0 Å². The van der Waals surface area contributed by atoms with Crippen molar-refractivity contribution in [3.8, 4) is 5.75 Å². The van der Waals surface area contributed by atoms with Gasteiger partial charge in [-0.2, -0.15) is 0 Å². The van der Waals surface area contributed by atoms with Crippen LogP contribution in [0.5, 0.6) is 5.75 Å². The molecule has 0 aliphatic carbocycles. The predicted molar refractivity (Wildman–Crippen MR) is 59.3 cm³/mol. The average Bonchev–Trinajstić information content (AvgIpc) is 2.54. The van der Waals surface area contributed by atoms with Gasteiger partial charge in [0.25, 0.3) is 0 Å². The van der Waals surface area contributed by atoms with E-state index in [1.165, 1.54) is 0 Å². The molecule has 1 N–H and O–H groups in total. The molecule has 2 rings (SSSR count). The van der Waals surface area contributed by atoms with Crippen LogP contribution in [-0.2, 0) is 0 Å². The Balaban J connectivity index is 2.86. The third kappa shape index (κ3) is 1.26. The number of rotatable bonds is 1. The minimum absolute atomic E-state index is 0.678. The van der Waals surface area contributed by atoms with Crippen LogP contribution in [0.1, 0.15) is 11.3 Å². The maximum absolute atomic E-state index is 6.18. The van der Waals surface area contributed by atoms with Crippen LogP contribution in [0, 0.1) is 13.8 Å². The van der Waals surface area contributed by atoms with Crippen LogP contribution in [-0.4, -0.2) is 12.1 Å². The zero-order valence-corrected chi connectivity index (χ0v) is 9.20. The topological polar surface area (TPSA) is 25.0 Å². The summed E-state index contributed by atoms with van der Waals surface area (Å²) in [4.78, 5) is 3.28. The lowest BCUT2D eigenvalue weighted by atomic mass is 10.1. The smallest absolute Gasteiger partial charge is 0.138 e. The van der Waals surface area contributed by atoms with Gasteiger partial charge in [0.1, 0.15) is 5.75 Å². The quantitative estimate of drug-likeness (QED) is 0.765. The molecule has 0 unspecified atom stereocenters. The van der Waals surface area contributed by atoms with Crippen molar-refractivity contribution in [1.29, 1.82) is 0 Å². The fraction of sp³-hybridized carbons (Fsp3) is 0.273. The van der Waals surface area contributed by atoms with Gasteiger partial charge in [0.05, 0.1) is 17.6 Å². The van der Waals surface area contributed by atoms with Gasteiger partial charge >= 0.3 is 0 Å². The van der Waals surface area contributed by atoms with Gasteiger partial charge in [0.15, 0.2) is 0 Å². The van der Waals surface area contributed by atoms with Crippen molar-refractivity contribution in [3.63, 3.8) is 0 Å². The van der Waals surface area contributed by atoms with Crippen LogP contribution in [0.3, 0.4) is 0 Å². The molecule has 0 aliphatic rings. The summed E-state index contributed by atoms with van der Waals surface area (Å²) in [7, 11) is 1.63. The molecule has 0 amide bonds. The summed E-state index contributed by atoms with van der Waals surface area (Å²) in [6, 6.07) is 3.98. The van der Waals surface area contributed by atoms with Crippen molar-refractivity contribution < 1.29 is 4.74 Å². The molecule has 3 heteroatoms. The van der Waals surface area contributed by atoms with Crippen molar-refractivity contribution in [2.45, 2.75) is 13.8 Å². The minimum Gasteiger partial charge on any atom is -0.495 e. The minimum atomic E-state index is 0.678. The summed E-state index contributed by atoms with van der Waals surface area (Å²) in [5, 5.41) is 1.71. The Labute approximate surface area is 87.8 Å². The van der Waals surface area contributed by atoms with Gasteiger partial charge in [-0.1, -0.05) is 11.6 Å². The second kappa shape index (κ2) is 3.21. The summed E-state index contributed by atoms with van der Waals surface area (Å²) in [6.45, 7) is 4.05. The highest BCUT2D eigenvalue weighted by Crippen LogP contribution is 2.35. The molecule has 0 aliphatic heterocycles. The van der Waals surface area contributed by atoms with Gasteiger partial charge in [0.2, 0.25) is 0 Å². The first-order chi connectivity index (χ1) is 6.63. The summed E-state index contributed by atoms with van der Waals surface area (Å²) in [5.74, 6) is 0.732. The van der Waals surface area contributed by atoms with E-state index in [1.54, 1.807) is 7.11 Å². The number of hydrogen-bond acceptors (Lipinski definition) is 1. The highest BCUT2D eigenvalue weighted by molar-refractivity contribution is 6.37. The van der Waals surface area contributed by atoms with E-state index < -0.39 is 0 Å². The van der Waals surface area contributed by atoms with E-state index in [0.717, 1.165) is 27.9 Å². The average molecular weight is 210 g/mol. The first-order valence-corrected chi connectivity index (χ1v) is 4.83. The largest absolute Gasteiger partial charge is 0.495 e. The zero-order chi connectivity index (χ0) is 10.3. The number of aromatic amines is 1. The molecule has 2 aromatic rings. The molecule has 74 valence electrons. The molecule has 0 saturated heterocycles. The number of fused-ring (bicyclic) bond motifs is 1. The van der Waals surface area contributed by atoms with Gasteiger partial charge in [0, 0.05) is 11.1 Å². The number of nitrogens with one attached hydrogen (secondary N) is 1. The van der Waals surface area contributed by atoms with E-state index >= 15 is 0 Å². The molecule has 14 heavy (non-hydrogen) atoms. The SMILES string of the molecule is COc1cc(C)c2[nH]c(C)cc2c1Cl. The third-order valence-corrected chi connectivity index (χ3v) is 2.76. The van der Waals surface area contributed by atoms with Crippen molar-refractivity contribution >= 4 is 22.5 Å². The molecule has 2 nitrogen and oxygen atoms in total. The lowest BCUT2D eigenvalue weighted by molar-refractivity contribution is 0.415. The van der Waals surface area contributed by atoms with Crippen LogP contribution in [0.15, 0.2) is 12.1 Å². The lowest BCUT2D eigenvalue weighted by Crippen LogP contribution is -1.86. The summed E-state index contributed by atoms with van der Waals surface area (Å²) in [6.07, 6.45) is 0. The molecule has 0 spiro atoms. The Kier molecular flexibility index (Phi) is 2.16. The van der Waals surface area contributed by atoms with Gasteiger partial charge in [-0.15, -0.1) is 0 Å². The molecule has 1 aromatic carbocycles. The Morgan fingerprint density at radius 2 is 2.00 bits per heavy atom. The molecule has 0 atom stereocenters. The maximum Gasteiger partial charge on any atom is 0.138 e. The number of aryl methyl sites for hydroxylation is 2. The van der Waals surface area contributed by atoms with Crippen LogP contribution in [0.25, 0.3) is 10.9 Å². The van der Waals surface area contributed by atoms with E-state index in [2.05, 4.69) is 4.98 Å². The van der Waals surface area contributed by atoms with Crippen molar-refractivity contribution in [2.75, 3.05) is 7.11 Å². The molecule has 0 fully saturated rings. The standard InChI is InChI=1S/C11H12ClNO/c1-6-4-9(14-3)10(12)8-5-7(2)13-11(6)8/h4-5,13H,1-3H3. The number of hydrogen-bond donors (Lipinski definition) is 1. The third-order valence-electron chi connectivity index (χ3n) is 2.37. The molecule has 1 aromatic heterocycles. The van der Waals surface area contributed by atoms with Gasteiger partial charge in [-0.05, 0) is 31.5 Å². The molecule has 0 radical (unpaired) electrons. The van der Waals surface area contributed by atoms with E-state index in [1.807, 2.05) is 26.0 Å². The maximum atomic E-state index is 6.18. The van der Waals surface area contributed by atoms with Crippen LogP contribution >= 0.6 is 11.6 Å².